The van der Waals surface area contributed by atoms with E-state index in [4.69, 9.17) is 21.3 Å². The van der Waals surface area contributed by atoms with Gasteiger partial charge in [-0.1, -0.05) is 23.7 Å². The normalized spacial score (nSPS) is 20.9. The monoisotopic (exact) mass is 454 g/mol. The predicted molar refractivity (Wildman–Crippen MR) is 129 cm³/mol. The first-order valence-electron chi connectivity index (χ1n) is 11.5. The lowest BCUT2D eigenvalue weighted by Gasteiger charge is -2.36. The first-order valence-corrected chi connectivity index (χ1v) is 11.9. The summed E-state index contributed by atoms with van der Waals surface area (Å²) < 4.78 is 7.65. The second kappa shape index (κ2) is 9.02. The maximum atomic E-state index is 10.7. The second-order valence-electron chi connectivity index (χ2n) is 9.17. The molecule has 2 aliphatic rings. The molecule has 2 fully saturated rings. The lowest BCUT2D eigenvalue weighted by atomic mass is 9.94. The van der Waals surface area contributed by atoms with Crippen molar-refractivity contribution in [2.24, 2.45) is 5.92 Å². The smallest absolute Gasteiger partial charge is 0.211 e. The number of anilines is 1. The summed E-state index contributed by atoms with van der Waals surface area (Å²) in [7, 11) is 0. The molecule has 0 amide bonds. The zero-order valence-electron chi connectivity index (χ0n) is 18.7. The molecule has 2 atom stereocenters. The quantitative estimate of drug-likeness (QED) is 0.565. The number of aromatic nitrogens is 2. The molecule has 2 aliphatic heterocycles. The van der Waals surface area contributed by atoms with E-state index in [1.54, 1.807) is 0 Å². The van der Waals surface area contributed by atoms with E-state index < -0.39 is 6.23 Å². The molecule has 7 heteroatoms. The number of aliphatic hydroxyl groups is 1. The summed E-state index contributed by atoms with van der Waals surface area (Å²) in [6.07, 6.45) is 2.32. The Hall–Kier alpha value is -2.12. The van der Waals surface area contributed by atoms with Crippen LogP contribution < -0.4 is 10.2 Å². The van der Waals surface area contributed by atoms with E-state index in [1.807, 2.05) is 13.0 Å². The maximum absolute atomic E-state index is 10.7. The highest BCUT2D eigenvalue weighted by molar-refractivity contribution is 6.32. The average Bonchev–Trinajstić information content (AvgIpc) is 3.42. The molecule has 2 aromatic carbocycles. The first-order chi connectivity index (χ1) is 15.5. The number of halogens is 1. The summed E-state index contributed by atoms with van der Waals surface area (Å²) in [6, 6.07) is 12.8. The van der Waals surface area contributed by atoms with Crippen LogP contribution in [0, 0.1) is 19.8 Å². The summed E-state index contributed by atoms with van der Waals surface area (Å²) >= 11 is 6.50. The Kier molecular flexibility index (Phi) is 6.12. The van der Waals surface area contributed by atoms with E-state index in [0.29, 0.717) is 6.61 Å². The van der Waals surface area contributed by atoms with Gasteiger partial charge in [-0.3, -0.25) is 9.88 Å². The first kappa shape index (κ1) is 21.7. The number of fused-ring (bicyclic) bond motifs is 1. The van der Waals surface area contributed by atoms with Crippen molar-refractivity contribution in [2.75, 3.05) is 31.2 Å². The molecule has 1 aromatic heterocycles. The van der Waals surface area contributed by atoms with Gasteiger partial charge in [0.25, 0.3) is 0 Å². The highest BCUT2D eigenvalue weighted by atomic mass is 35.5. The fraction of sp³-hybridized carbons (Fsp3) is 0.480. The Morgan fingerprint density at radius 1 is 1.16 bits per heavy atom. The molecular weight excluding hydrogens is 424 g/mol. The fourth-order valence-corrected chi connectivity index (χ4v) is 5.04. The molecule has 170 valence electrons. The number of benzene rings is 2. The van der Waals surface area contributed by atoms with Crippen LogP contribution in [0.3, 0.4) is 0 Å². The molecule has 0 bridgehead atoms. The van der Waals surface area contributed by atoms with Crippen molar-refractivity contribution in [3.05, 3.63) is 52.5 Å². The zero-order valence-corrected chi connectivity index (χ0v) is 19.5. The van der Waals surface area contributed by atoms with Crippen LogP contribution in [0.25, 0.3) is 16.7 Å². The van der Waals surface area contributed by atoms with Crippen LogP contribution in [0.1, 0.15) is 30.4 Å². The van der Waals surface area contributed by atoms with Gasteiger partial charge >= 0.3 is 0 Å². The number of aryl methyl sites for hydroxylation is 2. The van der Waals surface area contributed by atoms with Crippen molar-refractivity contribution in [1.82, 2.24) is 14.9 Å². The molecule has 3 heterocycles. The highest BCUT2D eigenvalue weighted by Gasteiger charge is 2.30. The van der Waals surface area contributed by atoms with Crippen molar-refractivity contribution in [2.45, 2.75) is 45.4 Å². The van der Waals surface area contributed by atoms with Gasteiger partial charge in [-0.2, -0.15) is 0 Å². The van der Waals surface area contributed by atoms with E-state index in [1.165, 1.54) is 5.56 Å². The maximum Gasteiger partial charge on any atom is 0.211 e. The van der Waals surface area contributed by atoms with Gasteiger partial charge in [-0.05, 0) is 68.5 Å². The van der Waals surface area contributed by atoms with E-state index in [9.17, 15) is 5.11 Å². The average molecular weight is 455 g/mol. The molecular formula is C25H31ClN4O2. The molecule has 3 aromatic rings. The van der Waals surface area contributed by atoms with E-state index in [-0.39, 0.29) is 12.0 Å². The number of imidazole rings is 1. The molecule has 6 nitrogen and oxygen atoms in total. The number of piperidine rings is 1. The largest absolute Gasteiger partial charge is 0.380 e. The van der Waals surface area contributed by atoms with Crippen molar-refractivity contribution in [3.63, 3.8) is 0 Å². The number of nitrogens with zero attached hydrogens (tertiary/aromatic N) is 3. The number of hydrogen-bond donors (Lipinski definition) is 2. The van der Waals surface area contributed by atoms with E-state index in [0.717, 1.165) is 72.2 Å². The standard InChI is InChI=1S/C25H31ClN4O2/c1-16-4-3-5-20(12-16)30-23-14-21(26)17(2)13-22(23)28-25(30)29-9-6-18(7-10-29)24(31)27-19-8-11-32-15-19/h3-5,12-14,18-19,24,27,31H,6-11,15H2,1-2H3. The van der Waals surface area contributed by atoms with Crippen LogP contribution in [-0.2, 0) is 4.74 Å². The Balaban J connectivity index is 1.42. The van der Waals surface area contributed by atoms with Crippen LogP contribution >= 0.6 is 11.6 Å². The van der Waals surface area contributed by atoms with Crippen molar-refractivity contribution in [3.8, 4) is 5.69 Å². The Morgan fingerprint density at radius 2 is 1.97 bits per heavy atom. The number of rotatable bonds is 5. The van der Waals surface area contributed by atoms with Gasteiger partial charge in [0.2, 0.25) is 5.95 Å². The molecule has 0 spiro atoms. The Bertz CT molecular complexity index is 1100. The Labute approximate surface area is 194 Å². The molecule has 2 unspecified atom stereocenters. The van der Waals surface area contributed by atoms with E-state index in [2.05, 4.69) is 52.0 Å². The van der Waals surface area contributed by atoms with Gasteiger partial charge < -0.3 is 14.7 Å². The number of nitrogens with one attached hydrogen (secondary N) is 1. The molecule has 2 saturated heterocycles. The zero-order chi connectivity index (χ0) is 22.2. The van der Waals surface area contributed by atoms with Gasteiger partial charge in [0.1, 0.15) is 6.23 Å². The van der Waals surface area contributed by atoms with Gasteiger partial charge in [0, 0.05) is 42.4 Å². The topological polar surface area (TPSA) is 62.5 Å². The molecule has 32 heavy (non-hydrogen) atoms. The minimum atomic E-state index is -0.485. The van der Waals surface area contributed by atoms with Crippen LogP contribution in [0.15, 0.2) is 36.4 Å². The third-order valence-electron chi connectivity index (χ3n) is 6.78. The number of hydrogen-bond acceptors (Lipinski definition) is 5. The van der Waals surface area contributed by atoms with Gasteiger partial charge in [0.15, 0.2) is 0 Å². The summed E-state index contributed by atoms with van der Waals surface area (Å²) in [5.74, 6) is 1.18. The molecule has 5 rings (SSSR count). The number of ether oxygens (including phenoxy) is 1. The minimum absolute atomic E-state index is 0.236. The molecule has 2 N–H and O–H groups in total. The second-order valence-corrected chi connectivity index (χ2v) is 9.58. The van der Waals surface area contributed by atoms with Crippen LogP contribution in [-0.4, -0.2) is 53.2 Å². The molecule has 0 aliphatic carbocycles. The minimum Gasteiger partial charge on any atom is -0.380 e. The van der Waals surface area contributed by atoms with Gasteiger partial charge in [-0.15, -0.1) is 0 Å². The van der Waals surface area contributed by atoms with E-state index >= 15 is 0 Å². The van der Waals surface area contributed by atoms with Gasteiger partial charge in [-0.25, -0.2) is 4.98 Å². The van der Waals surface area contributed by atoms with Crippen LogP contribution in [0.5, 0.6) is 0 Å². The summed E-state index contributed by atoms with van der Waals surface area (Å²) in [5.41, 5.74) is 5.30. The third kappa shape index (κ3) is 4.25. The van der Waals surface area contributed by atoms with Crippen LogP contribution in [0.4, 0.5) is 5.95 Å². The van der Waals surface area contributed by atoms with Crippen LogP contribution in [0.2, 0.25) is 5.02 Å². The summed E-state index contributed by atoms with van der Waals surface area (Å²) in [4.78, 5) is 7.37. The summed E-state index contributed by atoms with van der Waals surface area (Å²) in [6.45, 7) is 7.30. The lowest BCUT2D eigenvalue weighted by molar-refractivity contribution is 0.0484. The molecule has 0 radical (unpaired) electrons. The van der Waals surface area contributed by atoms with Crippen molar-refractivity contribution in [1.29, 1.82) is 0 Å². The van der Waals surface area contributed by atoms with Gasteiger partial charge in [0.05, 0.1) is 17.6 Å². The van der Waals surface area contributed by atoms with Crippen molar-refractivity contribution < 1.29 is 9.84 Å². The predicted octanol–water partition coefficient (Wildman–Crippen LogP) is 4.21. The lowest BCUT2D eigenvalue weighted by Crippen LogP contribution is -2.47. The number of aliphatic hydroxyl groups excluding tert-OH is 1. The molecule has 0 saturated carbocycles. The fourth-order valence-electron chi connectivity index (χ4n) is 4.88. The SMILES string of the molecule is Cc1cccc(-n2c(N3CCC(C(O)NC4CCOC4)CC3)nc3cc(C)c(Cl)cc32)c1. The van der Waals surface area contributed by atoms with Crippen molar-refractivity contribution >= 4 is 28.6 Å². The Morgan fingerprint density at radius 3 is 2.69 bits per heavy atom. The highest BCUT2D eigenvalue weighted by Crippen LogP contribution is 2.33. The third-order valence-corrected chi connectivity index (χ3v) is 7.19. The summed E-state index contributed by atoms with van der Waals surface area (Å²) in [5, 5.41) is 14.8.